The van der Waals surface area contributed by atoms with Gasteiger partial charge in [0.1, 0.15) is 5.82 Å². The lowest BCUT2D eigenvalue weighted by atomic mass is 9.98. The summed E-state index contributed by atoms with van der Waals surface area (Å²) in [6, 6.07) is 27.2. The number of rotatable bonds is 10. The fourth-order valence-electron chi connectivity index (χ4n) is 4.61. The Morgan fingerprint density at radius 3 is 1.83 bits per heavy atom. The van der Waals surface area contributed by atoms with Gasteiger partial charge in [-0.3, -0.25) is 0 Å². The number of unbranched alkanes of at least 4 members (excludes halogenated alkanes) is 3. The molecule has 0 saturated carbocycles. The Balaban J connectivity index is 1.40. The molecule has 0 fully saturated rings. The molecule has 0 bridgehead atoms. The fraction of sp³-hybridized carbons (Fsp3) is 0.314. The molecule has 184 valence electrons. The number of halogens is 1. The molecule has 0 amide bonds. The van der Waals surface area contributed by atoms with Crippen molar-refractivity contribution in [1.29, 1.82) is 0 Å². The van der Waals surface area contributed by atoms with Crippen molar-refractivity contribution in [1.82, 2.24) is 0 Å². The van der Waals surface area contributed by atoms with Crippen molar-refractivity contribution >= 4 is 10.8 Å². The van der Waals surface area contributed by atoms with Crippen LogP contribution in [0.2, 0.25) is 0 Å². The number of benzene rings is 4. The number of fused-ring (bicyclic) bond motifs is 1. The van der Waals surface area contributed by atoms with Gasteiger partial charge < -0.3 is 0 Å². The van der Waals surface area contributed by atoms with Crippen LogP contribution in [0.3, 0.4) is 0 Å². The predicted octanol–water partition coefficient (Wildman–Crippen LogP) is 9.24. The van der Waals surface area contributed by atoms with Crippen molar-refractivity contribution in [3.63, 3.8) is 0 Å². The molecule has 36 heavy (non-hydrogen) atoms. The maximum atomic E-state index is 15.2. The van der Waals surface area contributed by atoms with E-state index in [-0.39, 0.29) is 5.82 Å². The smallest absolute Gasteiger partial charge is 0.146 e. The summed E-state index contributed by atoms with van der Waals surface area (Å²) in [5.74, 6) is 5.95. The van der Waals surface area contributed by atoms with Crippen LogP contribution in [-0.4, -0.2) is 0 Å². The van der Waals surface area contributed by atoms with E-state index >= 15 is 4.39 Å². The molecule has 0 aliphatic rings. The molecule has 0 saturated heterocycles. The highest BCUT2D eigenvalue weighted by atomic mass is 19.1. The van der Waals surface area contributed by atoms with E-state index in [1.807, 2.05) is 30.3 Å². The van der Waals surface area contributed by atoms with Crippen molar-refractivity contribution < 1.29 is 4.39 Å². The molecule has 1 heteroatoms. The molecule has 0 unspecified atom stereocenters. The molecule has 4 rings (SSSR count). The lowest BCUT2D eigenvalue weighted by molar-refractivity contribution is 0.636. The summed E-state index contributed by atoms with van der Waals surface area (Å²) >= 11 is 0. The van der Waals surface area contributed by atoms with Crippen LogP contribution in [0.1, 0.15) is 79.3 Å². The Bertz CT molecular complexity index is 1320. The van der Waals surface area contributed by atoms with Crippen molar-refractivity contribution in [3.8, 4) is 11.8 Å². The van der Waals surface area contributed by atoms with E-state index in [0.717, 1.165) is 36.6 Å². The van der Waals surface area contributed by atoms with Gasteiger partial charge in [-0.25, -0.2) is 4.39 Å². The van der Waals surface area contributed by atoms with Crippen molar-refractivity contribution in [2.75, 3.05) is 0 Å². The Kier molecular flexibility index (Phi) is 9.34. The summed E-state index contributed by atoms with van der Waals surface area (Å²) in [4.78, 5) is 0. The van der Waals surface area contributed by atoms with Crippen LogP contribution in [0.25, 0.3) is 10.8 Å². The third-order valence-corrected chi connectivity index (χ3v) is 6.93. The van der Waals surface area contributed by atoms with Gasteiger partial charge in [0.25, 0.3) is 0 Å². The van der Waals surface area contributed by atoms with Crippen LogP contribution in [0, 0.1) is 17.7 Å². The second-order valence-electron chi connectivity index (χ2n) is 9.81. The molecule has 0 N–H and O–H groups in total. The summed E-state index contributed by atoms with van der Waals surface area (Å²) in [5, 5.41) is 1.57. The summed E-state index contributed by atoms with van der Waals surface area (Å²) < 4.78 is 15.2. The molecule has 0 heterocycles. The largest absolute Gasteiger partial charge is 0.205 e. The van der Waals surface area contributed by atoms with Gasteiger partial charge in [0.15, 0.2) is 0 Å². The predicted molar refractivity (Wildman–Crippen MR) is 152 cm³/mol. The molecule has 0 spiro atoms. The molecular weight excluding hydrogens is 439 g/mol. The van der Waals surface area contributed by atoms with Gasteiger partial charge >= 0.3 is 0 Å². The van der Waals surface area contributed by atoms with Gasteiger partial charge in [-0.2, -0.15) is 0 Å². The highest BCUT2D eigenvalue weighted by Crippen LogP contribution is 2.23. The summed E-state index contributed by atoms with van der Waals surface area (Å²) in [6.07, 6.45) is 10.4. The van der Waals surface area contributed by atoms with E-state index in [1.165, 1.54) is 54.4 Å². The highest BCUT2D eigenvalue weighted by Gasteiger charge is 2.07. The van der Waals surface area contributed by atoms with E-state index in [4.69, 9.17) is 0 Å². The molecule has 0 aliphatic carbocycles. The molecule has 0 radical (unpaired) electrons. The zero-order valence-electron chi connectivity index (χ0n) is 21.7. The van der Waals surface area contributed by atoms with Crippen LogP contribution in [0.15, 0.2) is 78.9 Å². The van der Waals surface area contributed by atoms with Crippen LogP contribution in [0.4, 0.5) is 4.39 Å². The second-order valence-corrected chi connectivity index (χ2v) is 9.81. The number of aryl methyl sites for hydroxylation is 4. The first-order valence-corrected chi connectivity index (χ1v) is 13.6. The maximum absolute atomic E-state index is 15.2. The van der Waals surface area contributed by atoms with Gasteiger partial charge in [-0.15, -0.1) is 0 Å². The molecule has 0 atom stereocenters. The van der Waals surface area contributed by atoms with Gasteiger partial charge in [-0.1, -0.05) is 106 Å². The van der Waals surface area contributed by atoms with E-state index in [1.54, 1.807) is 0 Å². The standard InChI is InChI=1S/C35H37F/c1-3-5-7-9-28-12-16-30(17-13-28)20-22-32-23-24-33-26-31(21-25-34(33)35(32)36)19-18-29-14-10-27(11-15-29)8-6-4-2/h10-17,21,23-26H,3-9,18-19H2,1-2H3. The monoisotopic (exact) mass is 476 g/mol. The Hall–Kier alpha value is -3.37. The Morgan fingerprint density at radius 1 is 0.556 bits per heavy atom. The third-order valence-electron chi connectivity index (χ3n) is 6.93. The van der Waals surface area contributed by atoms with E-state index < -0.39 is 0 Å². The van der Waals surface area contributed by atoms with Crippen LogP contribution >= 0.6 is 0 Å². The minimum atomic E-state index is -0.231. The van der Waals surface area contributed by atoms with E-state index in [2.05, 4.69) is 74.2 Å². The summed E-state index contributed by atoms with van der Waals surface area (Å²) in [6.45, 7) is 4.45. The molecule has 4 aromatic carbocycles. The first-order valence-electron chi connectivity index (χ1n) is 13.6. The number of hydrogen-bond donors (Lipinski definition) is 0. The van der Waals surface area contributed by atoms with E-state index in [9.17, 15) is 0 Å². The number of hydrogen-bond acceptors (Lipinski definition) is 0. The zero-order valence-corrected chi connectivity index (χ0v) is 21.7. The highest BCUT2D eigenvalue weighted by molar-refractivity contribution is 5.85. The second kappa shape index (κ2) is 13.1. The van der Waals surface area contributed by atoms with Gasteiger partial charge in [0.05, 0.1) is 5.56 Å². The average molecular weight is 477 g/mol. The zero-order chi connectivity index (χ0) is 25.2. The minimum Gasteiger partial charge on any atom is -0.205 e. The molecule has 0 aromatic heterocycles. The van der Waals surface area contributed by atoms with Crippen LogP contribution < -0.4 is 0 Å². The lowest BCUT2D eigenvalue weighted by Gasteiger charge is -2.07. The van der Waals surface area contributed by atoms with Gasteiger partial charge in [-0.05, 0) is 84.4 Å². The fourth-order valence-corrected chi connectivity index (χ4v) is 4.61. The molecule has 0 aliphatic heterocycles. The van der Waals surface area contributed by atoms with Crippen LogP contribution in [-0.2, 0) is 25.7 Å². The van der Waals surface area contributed by atoms with Crippen LogP contribution in [0.5, 0.6) is 0 Å². The summed E-state index contributed by atoms with van der Waals surface area (Å²) in [7, 11) is 0. The Morgan fingerprint density at radius 2 is 1.14 bits per heavy atom. The van der Waals surface area contributed by atoms with Gasteiger partial charge in [0, 0.05) is 10.9 Å². The minimum absolute atomic E-state index is 0.231. The van der Waals surface area contributed by atoms with Crippen molar-refractivity contribution in [2.24, 2.45) is 0 Å². The molecule has 0 nitrogen and oxygen atoms in total. The van der Waals surface area contributed by atoms with Crippen molar-refractivity contribution in [2.45, 2.75) is 71.6 Å². The van der Waals surface area contributed by atoms with E-state index in [0.29, 0.717) is 10.9 Å². The average Bonchev–Trinajstić information content (AvgIpc) is 2.92. The molecule has 4 aromatic rings. The third kappa shape index (κ3) is 7.08. The first-order chi connectivity index (χ1) is 17.7. The van der Waals surface area contributed by atoms with Gasteiger partial charge in [0.2, 0.25) is 0 Å². The maximum Gasteiger partial charge on any atom is 0.146 e. The SMILES string of the molecule is CCCCCc1ccc(C#Cc2ccc3cc(CCc4ccc(CCCC)cc4)ccc3c2F)cc1. The topological polar surface area (TPSA) is 0 Å². The Labute approximate surface area is 216 Å². The quantitative estimate of drug-likeness (QED) is 0.158. The lowest BCUT2D eigenvalue weighted by Crippen LogP contribution is -1.94. The van der Waals surface area contributed by atoms with Crippen molar-refractivity contribution in [3.05, 3.63) is 118 Å². The first kappa shape index (κ1) is 25.7. The molecular formula is C35H37F. The normalized spacial score (nSPS) is 10.9. The summed E-state index contributed by atoms with van der Waals surface area (Å²) in [5.41, 5.74) is 6.70.